The lowest BCUT2D eigenvalue weighted by molar-refractivity contribution is -0.385. The Balaban J connectivity index is 0.000000158. The molecule has 18 heteroatoms. The zero-order valence-electron chi connectivity index (χ0n) is 46.3. The molecule has 0 saturated carbocycles. The van der Waals surface area contributed by atoms with Gasteiger partial charge in [0.25, 0.3) is 11.4 Å². The van der Waals surface area contributed by atoms with Crippen LogP contribution in [0.1, 0.15) is 51.9 Å². The van der Waals surface area contributed by atoms with E-state index >= 15 is 0 Å². The van der Waals surface area contributed by atoms with E-state index < -0.39 is 0 Å². The van der Waals surface area contributed by atoms with Crippen molar-refractivity contribution in [2.45, 2.75) is 60.4 Å². The standard InChI is InChI=1S/C21H25N3O6.C21H28N2O.C19H21N3O3.CH4/c1-27-19-10-16(17(24(25)26)11-20(19)28-2)13-23-7-5-22(6-8-23)12-15-3-4-18-21(9-15)30-14-29-18;1-17-18(2)21(24-3)10-9-20(17)16-23-13-11-22(12-14-23)15-19-7-5-4-6-8-19;23-22(24)18-12-15-6-11-25-19(15)13-16(18)14-20-7-9-21(10-8-20)17-4-2-1-3-5-17;/h3-4,9-11H,5-8,12-14H2,1-2H3;4-10H,11-16H2,1-3H3;1-5,12-13H,6-11,14H2;1H4. The van der Waals surface area contributed by atoms with Gasteiger partial charge in [-0.2, -0.15) is 0 Å². The van der Waals surface area contributed by atoms with E-state index in [0.717, 1.165) is 139 Å². The average Bonchev–Trinajstić information content (AvgIpc) is 4.18. The van der Waals surface area contributed by atoms with Crippen LogP contribution in [0.2, 0.25) is 0 Å². The molecule has 5 aliphatic heterocycles. The Morgan fingerprint density at radius 1 is 0.463 bits per heavy atom. The highest BCUT2D eigenvalue weighted by Gasteiger charge is 2.27. The molecule has 3 fully saturated rings. The summed E-state index contributed by atoms with van der Waals surface area (Å²) in [7, 11) is 4.75. The molecule has 6 aromatic carbocycles. The normalized spacial score (nSPS) is 16.4. The lowest BCUT2D eigenvalue weighted by Crippen LogP contribution is -2.46. The van der Waals surface area contributed by atoms with E-state index in [1.165, 1.54) is 53.8 Å². The van der Waals surface area contributed by atoms with Gasteiger partial charge in [-0.1, -0.05) is 68.1 Å². The van der Waals surface area contributed by atoms with Crippen molar-refractivity contribution >= 4 is 17.1 Å². The number of para-hydroxylation sites is 1. The number of nitro groups is 2. The molecule has 80 heavy (non-hydrogen) atoms. The molecule has 11 rings (SSSR count). The summed E-state index contributed by atoms with van der Waals surface area (Å²) in [5, 5.41) is 23.0. The summed E-state index contributed by atoms with van der Waals surface area (Å²) in [6, 6.07) is 38.2. The summed E-state index contributed by atoms with van der Waals surface area (Å²) in [6.45, 7) is 20.9. The Morgan fingerprint density at radius 3 is 1.55 bits per heavy atom. The molecule has 0 N–H and O–H groups in total. The fourth-order valence-corrected chi connectivity index (χ4v) is 10.9. The lowest BCUT2D eigenvalue weighted by Gasteiger charge is -2.36. The lowest BCUT2D eigenvalue weighted by atomic mass is 10.0. The zero-order valence-corrected chi connectivity index (χ0v) is 46.3. The summed E-state index contributed by atoms with van der Waals surface area (Å²) in [4.78, 5) is 36.7. The van der Waals surface area contributed by atoms with E-state index in [1.54, 1.807) is 19.2 Å². The Morgan fingerprint density at radius 2 is 0.963 bits per heavy atom. The van der Waals surface area contributed by atoms with Crippen molar-refractivity contribution in [3.8, 4) is 34.5 Å². The number of piperazine rings is 3. The molecule has 0 aromatic heterocycles. The van der Waals surface area contributed by atoms with Gasteiger partial charge in [-0.3, -0.25) is 44.7 Å². The summed E-state index contributed by atoms with van der Waals surface area (Å²) >= 11 is 0. The Bertz CT molecular complexity index is 3000. The summed E-state index contributed by atoms with van der Waals surface area (Å²) in [6.07, 6.45) is 0.756. The van der Waals surface area contributed by atoms with Gasteiger partial charge in [-0.25, -0.2) is 0 Å². The highest BCUT2D eigenvalue weighted by Crippen LogP contribution is 2.37. The quantitative estimate of drug-likeness (QED) is 0.0665. The van der Waals surface area contributed by atoms with Gasteiger partial charge < -0.3 is 33.3 Å². The molecule has 0 radical (unpaired) electrons. The molecule has 5 aliphatic rings. The number of rotatable bonds is 16. The van der Waals surface area contributed by atoms with E-state index in [1.807, 2.05) is 24.3 Å². The first-order valence-corrected chi connectivity index (χ1v) is 27.2. The first-order valence-electron chi connectivity index (χ1n) is 27.2. The third-order valence-electron chi connectivity index (χ3n) is 15.6. The van der Waals surface area contributed by atoms with E-state index in [-0.39, 0.29) is 35.4 Å². The number of nitro benzene ring substituents is 2. The minimum atomic E-state index is -0.368. The van der Waals surface area contributed by atoms with Crippen LogP contribution in [0.5, 0.6) is 34.5 Å². The molecular weight excluding hydrogens is 1020 g/mol. The predicted octanol–water partition coefficient (Wildman–Crippen LogP) is 9.78. The van der Waals surface area contributed by atoms with Crippen molar-refractivity contribution in [2.75, 3.05) is 118 Å². The first-order chi connectivity index (χ1) is 38.4. The van der Waals surface area contributed by atoms with Gasteiger partial charge in [0, 0.05) is 146 Å². The molecule has 0 spiro atoms. The number of fused-ring (bicyclic) bond motifs is 2. The summed E-state index contributed by atoms with van der Waals surface area (Å²) < 4.78 is 32.4. The number of anilines is 1. The maximum atomic E-state index is 11.5. The van der Waals surface area contributed by atoms with Gasteiger partial charge in [0.15, 0.2) is 23.0 Å². The molecule has 5 heterocycles. The zero-order chi connectivity index (χ0) is 55.3. The van der Waals surface area contributed by atoms with E-state index in [0.29, 0.717) is 36.8 Å². The van der Waals surface area contributed by atoms with Crippen LogP contribution < -0.4 is 33.3 Å². The Labute approximate surface area is 471 Å². The van der Waals surface area contributed by atoms with Crippen LogP contribution in [-0.2, 0) is 39.1 Å². The Kier molecular flexibility index (Phi) is 20.6. The van der Waals surface area contributed by atoms with Gasteiger partial charge in [0.1, 0.15) is 11.5 Å². The van der Waals surface area contributed by atoms with Gasteiger partial charge in [-0.05, 0) is 84.1 Å². The molecule has 18 nitrogen and oxygen atoms in total. The number of hydrogen-bond acceptors (Lipinski definition) is 16. The number of methoxy groups -OCH3 is 3. The highest BCUT2D eigenvalue weighted by molar-refractivity contribution is 5.55. The van der Waals surface area contributed by atoms with Gasteiger partial charge in [0.2, 0.25) is 6.79 Å². The van der Waals surface area contributed by atoms with Crippen LogP contribution in [-0.4, -0.2) is 148 Å². The van der Waals surface area contributed by atoms with E-state index in [9.17, 15) is 20.2 Å². The van der Waals surface area contributed by atoms with Crippen molar-refractivity contribution in [1.82, 2.24) is 24.5 Å². The fraction of sp³-hybridized carbons (Fsp3) is 0.419. The van der Waals surface area contributed by atoms with Crippen molar-refractivity contribution in [3.63, 3.8) is 0 Å². The number of hydrogen-bond donors (Lipinski definition) is 0. The molecule has 426 valence electrons. The van der Waals surface area contributed by atoms with Crippen LogP contribution in [0.4, 0.5) is 17.1 Å². The smallest absolute Gasteiger partial charge is 0.277 e. The van der Waals surface area contributed by atoms with Crippen LogP contribution in [0.25, 0.3) is 0 Å². The molecule has 0 amide bonds. The van der Waals surface area contributed by atoms with Crippen molar-refractivity contribution < 1.29 is 38.3 Å². The van der Waals surface area contributed by atoms with E-state index in [4.69, 9.17) is 28.4 Å². The highest BCUT2D eigenvalue weighted by atomic mass is 16.7. The van der Waals surface area contributed by atoms with Crippen LogP contribution >= 0.6 is 0 Å². The minimum Gasteiger partial charge on any atom is -0.496 e. The molecule has 0 aliphatic carbocycles. The summed E-state index contributed by atoms with van der Waals surface area (Å²) in [5.74, 6) is 4.25. The predicted molar refractivity (Wildman–Crippen MR) is 312 cm³/mol. The second-order valence-corrected chi connectivity index (χ2v) is 20.6. The molecule has 3 saturated heterocycles. The minimum absolute atomic E-state index is 0. The fourth-order valence-electron chi connectivity index (χ4n) is 10.9. The molecule has 6 aromatic rings. The topological polar surface area (TPSA) is 161 Å². The van der Waals surface area contributed by atoms with Gasteiger partial charge in [0.05, 0.1) is 43.8 Å². The van der Waals surface area contributed by atoms with Crippen LogP contribution in [0.3, 0.4) is 0 Å². The number of benzene rings is 6. The molecule has 0 unspecified atom stereocenters. The molecule has 0 atom stereocenters. The SMILES string of the molecule is C.COc1cc(CN2CCN(Cc3ccc4c(c3)OCO4)CC2)c([N+](=O)[O-])cc1OC.COc1ccc(CN2CCN(Cc3ccccc3)CC2)c(C)c1C.O=[N+]([O-])c1cc2c(cc1CN1CCN(c3ccccc3)CC1)OCC2. The van der Waals surface area contributed by atoms with Gasteiger partial charge >= 0.3 is 0 Å². The monoisotopic (exact) mass is 1090 g/mol. The van der Waals surface area contributed by atoms with Crippen molar-refractivity contribution in [3.05, 3.63) is 180 Å². The second-order valence-electron chi connectivity index (χ2n) is 20.6. The number of ether oxygens (including phenoxy) is 6. The second kappa shape index (κ2) is 28.1. The number of nitrogens with zero attached hydrogens (tertiary/aromatic N) is 8. The maximum Gasteiger partial charge on any atom is 0.277 e. The maximum absolute atomic E-state index is 11.5. The third kappa shape index (κ3) is 15.0. The van der Waals surface area contributed by atoms with Crippen molar-refractivity contribution in [1.29, 1.82) is 0 Å². The van der Waals surface area contributed by atoms with Crippen LogP contribution in [0.15, 0.2) is 115 Å². The average molecular weight is 1100 g/mol. The Hall–Kier alpha value is -7.48. The molecule has 0 bridgehead atoms. The van der Waals surface area contributed by atoms with E-state index in [2.05, 4.69) is 116 Å². The van der Waals surface area contributed by atoms with Crippen molar-refractivity contribution in [2.24, 2.45) is 0 Å². The van der Waals surface area contributed by atoms with Crippen LogP contribution in [0, 0.1) is 34.1 Å². The first kappa shape index (κ1) is 58.7. The molecular formula is C62H78N8O10. The summed E-state index contributed by atoms with van der Waals surface area (Å²) in [5.41, 5.74) is 10.5. The van der Waals surface area contributed by atoms with Gasteiger partial charge in [-0.15, -0.1) is 0 Å². The third-order valence-corrected chi connectivity index (χ3v) is 15.6. The largest absolute Gasteiger partial charge is 0.496 e.